The molecule has 2 aliphatic heterocycles. The van der Waals surface area contributed by atoms with E-state index < -0.39 is 0 Å². The minimum atomic E-state index is -0.154. The molecule has 2 N–H and O–H groups in total. The number of rotatable bonds is 1. The SMILES string of the molecule is Oc1cccc(C2=NOC3(CCCNC3)C2)c1. The summed E-state index contributed by atoms with van der Waals surface area (Å²) >= 11 is 0. The molecule has 2 aliphatic rings. The van der Waals surface area contributed by atoms with Gasteiger partial charge >= 0.3 is 0 Å². The molecule has 17 heavy (non-hydrogen) atoms. The largest absolute Gasteiger partial charge is 0.508 e. The Labute approximate surface area is 100 Å². The van der Waals surface area contributed by atoms with Crippen molar-refractivity contribution in [3.05, 3.63) is 29.8 Å². The summed E-state index contributed by atoms with van der Waals surface area (Å²) in [6.07, 6.45) is 3.00. The van der Waals surface area contributed by atoms with Crippen LogP contribution >= 0.6 is 0 Å². The zero-order valence-electron chi connectivity index (χ0n) is 9.65. The number of oxime groups is 1. The number of nitrogens with zero attached hydrogens (tertiary/aromatic N) is 1. The molecule has 0 aliphatic carbocycles. The van der Waals surface area contributed by atoms with Crippen LogP contribution in [0.3, 0.4) is 0 Å². The summed E-state index contributed by atoms with van der Waals surface area (Å²) in [7, 11) is 0. The van der Waals surface area contributed by atoms with Crippen LogP contribution in [0.15, 0.2) is 29.4 Å². The van der Waals surface area contributed by atoms with Crippen molar-refractivity contribution in [1.82, 2.24) is 5.32 Å². The van der Waals surface area contributed by atoms with Crippen molar-refractivity contribution in [3.8, 4) is 5.75 Å². The van der Waals surface area contributed by atoms with Crippen molar-refractivity contribution in [1.29, 1.82) is 0 Å². The molecular formula is C13H16N2O2. The maximum Gasteiger partial charge on any atom is 0.155 e. The molecule has 4 heteroatoms. The highest BCUT2D eigenvalue weighted by Gasteiger charge is 2.40. The number of benzene rings is 1. The van der Waals surface area contributed by atoms with E-state index in [0.29, 0.717) is 0 Å². The first kappa shape index (κ1) is 10.6. The molecule has 2 heterocycles. The first-order chi connectivity index (χ1) is 8.27. The van der Waals surface area contributed by atoms with Gasteiger partial charge in [-0.1, -0.05) is 17.3 Å². The van der Waals surface area contributed by atoms with Crippen molar-refractivity contribution < 1.29 is 9.94 Å². The Morgan fingerprint density at radius 3 is 3.12 bits per heavy atom. The second-order valence-corrected chi connectivity index (χ2v) is 4.82. The van der Waals surface area contributed by atoms with E-state index in [1.807, 2.05) is 12.1 Å². The normalized spacial score (nSPS) is 27.9. The van der Waals surface area contributed by atoms with Gasteiger partial charge in [0, 0.05) is 18.5 Å². The molecule has 0 amide bonds. The van der Waals surface area contributed by atoms with Gasteiger partial charge in [-0.05, 0) is 31.5 Å². The van der Waals surface area contributed by atoms with E-state index in [2.05, 4.69) is 10.5 Å². The Kier molecular flexibility index (Phi) is 2.52. The molecule has 1 spiro atoms. The highest BCUT2D eigenvalue weighted by molar-refractivity contribution is 6.01. The second-order valence-electron chi connectivity index (χ2n) is 4.82. The smallest absolute Gasteiger partial charge is 0.155 e. The first-order valence-corrected chi connectivity index (χ1v) is 6.03. The quantitative estimate of drug-likeness (QED) is 0.774. The lowest BCUT2D eigenvalue weighted by atomic mass is 9.87. The maximum atomic E-state index is 9.47. The van der Waals surface area contributed by atoms with Gasteiger partial charge in [0.1, 0.15) is 5.75 Å². The van der Waals surface area contributed by atoms with Crippen LogP contribution in [-0.4, -0.2) is 29.5 Å². The van der Waals surface area contributed by atoms with Crippen LogP contribution in [0, 0.1) is 0 Å². The predicted octanol–water partition coefficient (Wildman–Crippen LogP) is 1.64. The number of nitrogens with one attached hydrogen (secondary N) is 1. The van der Waals surface area contributed by atoms with Crippen LogP contribution in [0.25, 0.3) is 0 Å². The number of hydrogen-bond acceptors (Lipinski definition) is 4. The Morgan fingerprint density at radius 2 is 2.35 bits per heavy atom. The number of hydrogen-bond donors (Lipinski definition) is 2. The second kappa shape index (κ2) is 4.04. The monoisotopic (exact) mass is 232 g/mol. The summed E-state index contributed by atoms with van der Waals surface area (Å²) in [4.78, 5) is 5.63. The highest BCUT2D eigenvalue weighted by Crippen LogP contribution is 2.32. The van der Waals surface area contributed by atoms with Crippen molar-refractivity contribution >= 4 is 5.71 Å². The molecule has 0 saturated carbocycles. The lowest BCUT2D eigenvalue weighted by molar-refractivity contribution is -0.0347. The lowest BCUT2D eigenvalue weighted by Gasteiger charge is -2.31. The van der Waals surface area contributed by atoms with E-state index >= 15 is 0 Å². The molecule has 0 radical (unpaired) electrons. The van der Waals surface area contributed by atoms with Crippen LogP contribution in [-0.2, 0) is 4.84 Å². The average molecular weight is 232 g/mol. The van der Waals surface area contributed by atoms with Gasteiger partial charge in [-0.2, -0.15) is 0 Å². The van der Waals surface area contributed by atoms with E-state index in [-0.39, 0.29) is 11.4 Å². The van der Waals surface area contributed by atoms with Crippen LogP contribution in [0.1, 0.15) is 24.8 Å². The van der Waals surface area contributed by atoms with Crippen LogP contribution in [0.4, 0.5) is 0 Å². The van der Waals surface area contributed by atoms with Crippen molar-refractivity contribution in [2.75, 3.05) is 13.1 Å². The molecule has 0 aromatic heterocycles. The number of piperidine rings is 1. The minimum Gasteiger partial charge on any atom is -0.508 e. The first-order valence-electron chi connectivity index (χ1n) is 6.03. The van der Waals surface area contributed by atoms with E-state index in [4.69, 9.17) is 4.84 Å². The van der Waals surface area contributed by atoms with Crippen molar-refractivity contribution in [2.45, 2.75) is 24.9 Å². The van der Waals surface area contributed by atoms with Gasteiger partial charge in [-0.25, -0.2) is 0 Å². The molecule has 1 unspecified atom stereocenters. The third-order valence-corrected chi connectivity index (χ3v) is 3.45. The van der Waals surface area contributed by atoms with Crippen molar-refractivity contribution in [2.24, 2.45) is 5.16 Å². The van der Waals surface area contributed by atoms with E-state index in [9.17, 15) is 5.11 Å². The summed E-state index contributed by atoms with van der Waals surface area (Å²) in [5.41, 5.74) is 1.73. The summed E-state index contributed by atoms with van der Waals surface area (Å²) in [5.74, 6) is 0.271. The zero-order valence-corrected chi connectivity index (χ0v) is 9.65. The Hall–Kier alpha value is -1.55. The lowest BCUT2D eigenvalue weighted by Crippen LogP contribution is -2.45. The third-order valence-electron chi connectivity index (χ3n) is 3.45. The molecule has 3 rings (SSSR count). The predicted molar refractivity (Wildman–Crippen MR) is 65.2 cm³/mol. The van der Waals surface area contributed by atoms with Crippen LogP contribution in [0.5, 0.6) is 5.75 Å². The van der Waals surface area contributed by atoms with E-state index in [0.717, 1.165) is 43.6 Å². The van der Waals surface area contributed by atoms with Gasteiger partial charge in [-0.3, -0.25) is 0 Å². The summed E-state index contributed by atoms with van der Waals surface area (Å²) in [5, 5.41) is 17.0. The third kappa shape index (κ3) is 2.00. The molecule has 4 nitrogen and oxygen atoms in total. The fraction of sp³-hybridized carbons (Fsp3) is 0.462. The van der Waals surface area contributed by atoms with Gasteiger partial charge < -0.3 is 15.3 Å². The van der Waals surface area contributed by atoms with Crippen LogP contribution in [0.2, 0.25) is 0 Å². The molecule has 1 aromatic carbocycles. The van der Waals surface area contributed by atoms with E-state index in [1.54, 1.807) is 12.1 Å². The van der Waals surface area contributed by atoms with Gasteiger partial charge in [0.2, 0.25) is 0 Å². The minimum absolute atomic E-state index is 0.154. The topological polar surface area (TPSA) is 53.9 Å². The molecular weight excluding hydrogens is 216 g/mol. The molecule has 1 saturated heterocycles. The zero-order chi connectivity index (χ0) is 11.7. The van der Waals surface area contributed by atoms with Gasteiger partial charge in [0.05, 0.1) is 5.71 Å². The number of phenolic OH excluding ortho intramolecular Hbond substituents is 1. The number of phenols is 1. The molecule has 1 fully saturated rings. The summed E-state index contributed by atoms with van der Waals surface area (Å²) in [6, 6.07) is 7.18. The van der Waals surface area contributed by atoms with Crippen LogP contribution < -0.4 is 5.32 Å². The standard InChI is InChI=1S/C13H16N2O2/c16-11-4-1-3-10(7-11)12-8-13(17-15-12)5-2-6-14-9-13/h1,3-4,7,14,16H,2,5-6,8-9H2. The van der Waals surface area contributed by atoms with Gasteiger partial charge in [0.25, 0.3) is 0 Å². The molecule has 0 bridgehead atoms. The Morgan fingerprint density at radius 1 is 1.41 bits per heavy atom. The fourth-order valence-electron chi connectivity index (χ4n) is 2.53. The maximum absolute atomic E-state index is 9.47. The Bertz CT molecular complexity index is 450. The molecule has 90 valence electrons. The fourth-order valence-corrected chi connectivity index (χ4v) is 2.53. The number of aromatic hydroxyl groups is 1. The highest BCUT2D eigenvalue weighted by atomic mass is 16.7. The Balaban J connectivity index is 1.79. The van der Waals surface area contributed by atoms with E-state index in [1.165, 1.54) is 0 Å². The molecule has 1 aromatic rings. The summed E-state index contributed by atoms with van der Waals surface area (Å²) < 4.78 is 0. The van der Waals surface area contributed by atoms with Gasteiger partial charge in [-0.15, -0.1) is 0 Å². The molecule has 1 atom stereocenters. The average Bonchev–Trinajstić information content (AvgIpc) is 2.74. The van der Waals surface area contributed by atoms with Crippen molar-refractivity contribution in [3.63, 3.8) is 0 Å². The van der Waals surface area contributed by atoms with Gasteiger partial charge in [0.15, 0.2) is 5.60 Å². The summed E-state index contributed by atoms with van der Waals surface area (Å²) in [6.45, 7) is 1.92.